The van der Waals surface area contributed by atoms with E-state index in [-0.39, 0.29) is 10.9 Å². The van der Waals surface area contributed by atoms with Crippen LogP contribution in [0.25, 0.3) is 17.4 Å². The second-order valence-corrected chi connectivity index (χ2v) is 5.43. The van der Waals surface area contributed by atoms with Gasteiger partial charge in [0.25, 0.3) is 11.6 Å². The zero-order valence-corrected chi connectivity index (χ0v) is 11.9. The maximum atomic E-state index is 11.5. The number of amidine groups is 1. The van der Waals surface area contributed by atoms with Gasteiger partial charge in [-0.15, -0.1) is 0 Å². The lowest BCUT2D eigenvalue weighted by Gasteiger charge is -1.96. The molecule has 1 aliphatic heterocycles. The fourth-order valence-electron chi connectivity index (χ4n) is 1.89. The molecule has 0 atom stereocenters. The summed E-state index contributed by atoms with van der Waals surface area (Å²) in [6.45, 7) is 0. The number of rotatable bonds is 3. The Bertz CT molecular complexity index is 821. The van der Waals surface area contributed by atoms with Crippen molar-refractivity contribution in [3.8, 4) is 11.3 Å². The first kappa shape index (κ1) is 14.1. The van der Waals surface area contributed by atoms with Gasteiger partial charge in [0.05, 0.1) is 9.83 Å². The Labute approximate surface area is 128 Å². The molecule has 0 fully saturated rings. The number of hydrogen-bond donors (Lipinski definition) is 1. The standard InChI is InChI=1S/C14H9N3O4S/c15-14-16-13(18)12(22-14)7-10-5-6-11(21-10)8-1-3-9(4-2-8)17(19)20/h1-7H,(H2,15,16,18)/b12-7+. The second kappa shape index (κ2) is 5.49. The number of non-ortho nitro benzene ring substituents is 1. The molecule has 1 amide bonds. The van der Waals surface area contributed by atoms with Crippen LogP contribution in [-0.4, -0.2) is 16.0 Å². The van der Waals surface area contributed by atoms with Crippen molar-refractivity contribution in [3.05, 3.63) is 57.2 Å². The van der Waals surface area contributed by atoms with Crippen LogP contribution in [0.15, 0.2) is 50.7 Å². The number of thioether (sulfide) groups is 1. The van der Waals surface area contributed by atoms with Crippen molar-refractivity contribution in [2.24, 2.45) is 10.7 Å². The van der Waals surface area contributed by atoms with Crippen LogP contribution < -0.4 is 5.73 Å². The summed E-state index contributed by atoms with van der Waals surface area (Å²) in [7, 11) is 0. The SMILES string of the molecule is NC1=NC(=O)/C(=C\c2ccc(-c3ccc([N+](=O)[O-])cc3)o2)S1. The quantitative estimate of drug-likeness (QED) is 0.529. The Morgan fingerprint density at radius 2 is 1.95 bits per heavy atom. The van der Waals surface area contributed by atoms with E-state index in [9.17, 15) is 14.9 Å². The molecule has 2 N–H and O–H groups in total. The molecule has 2 aromatic rings. The summed E-state index contributed by atoms with van der Waals surface area (Å²) in [6, 6.07) is 9.44. The lowest BCUT2D eigenvalue weighted by Crippen LogP contribution is -2.01. The molecule has 0 radical (unpaired) electrons. The summed E-state index contributed by atoms with van der Waals surface area (Å²) >= 11 is 1.08. The van der Waals surface area contributed by atoms with Crippen LogP contribution in [-0.2, 0) is 4.79 Å². The van der Waals surface area contributed by atoms with Gasteiger partial charge in [0, 0.05) is 23.8 Å². The molecule has 0 spiro atoms. The van der Waals surface area contributed by atoms with Crippen molar-refractivity contribution in [2.75, 3.05) is 0 Å². The topological polar surface area (TPSA) is 112 Å². The monoisotopic (exact) mass is 315 g/mol. The highest BCUT2D eigenvalue weighted by atomic mass is 32.2. The van der Waals surface area contributed by atoms with Crippen molar-refractivity contribution in [1.29, 1.82) is 0 Å². The lowest BCUT2D eigenvalue weighted by atomic mass is 10.1. The first-order chi connectivity index (χ1) is 10.5. The molecule has 8 heteroatoms. The van der Waals surface area contributed by atoms with Crippen molar-refractivity contribution < 1.29 is 14.1 Å². The molecule has 2 heterocycles. The number of furan rings is 1. The average molecular weight is 315 g/mol. The second-order valence-electron chi connectivity index (χ2n) is 4.37. The van der Waals surface area contributed by atoms with Crippen LogP contribution in [0.2, 0.25) is 0 Å². The molecule has 1 aliphatic rings. The van der Waals surface area contributed by atoms with Gasteiger partial charge in [-0.05, 0) is 36.0 Å². The molecule has 0 unspecified atom stereocenters. The number of carbonyl (C=O) groups is 1. The summed E-state index contributed by atoms with van der Waals surface area (Å²) in [5.74, 6) is 0.635. The minimum Gasteiger partial charge on any atom is -0.457 e. The molecule has 0 saturated heterocycles. The van der Waals surface area contributed by atoms with Gasteiger partial charge in [-0.25, -0.2) is 0 Å². The number of nitrogens with zero attached hydrogens (tertiary/aromatic N) is 2. The Balaban J connectivity index is 1.84. The minimum absolute atomic E-state index is 0.0122. The van der Waals surface area contributed by atoms with Gasteiger partial charge in [-0.3, -0.25) is 14.9 Å². The third-order valence-corrected chi connectivity index (χ3v) is 3.71. The predicted octanol–water partition coefficient (Wildman–Crippen LogP) is 2.78. The number of hydrogen-bond acceptors (Lipinski definition) is 6. The van der Waals surface area contributed by atoms with Gasteiger partial charge in [0.2, 0.25) is 0 Å². The average Bonchev–Trinajstić information content (AvgIpc) is 3.06. The molecule has 3 rings (SSSR count). The van der Waals surface area contributed by atoms with E-state index in [1.165, 1.54) is 12.1 Å². The van der Waals surface area contributed by atoms with E-state index in [1.807, 2.05) is 0 Å². The van der Waals surface area contributed by atoms with Gasteiger partial charge in [-0.1, -0.05) is 0 Å². The van der Waals surface area contributed by atoms with Gasteiger partial charge in [-0.2, -0.15) is 4.99 Å². The van der Waals surface area contributed by atoms with Crippen LogP contribution >= 0.6 is 11.8 Å². The number of nitrogens with two attached hydrogens (primary N) is 1. The van der Waals surface area contributed by atoms with Gasteiger partial charge >= 0.3 is 0 Å². The molecule has 0 bridgehead atoms. The summed E-state index contributed by atoms with van der Waals surface area (Å²) in [6.07, 6.45) is 1.56. The highest BCUT2D eigenvalue weighted by molar-refractivity contribution is 8.18. The number of nitro groups is 1. The summed E-state index contributed by atoms with van der Waals surface area (Å²) in [5.41, 5.74) is 6.19. The summed E-state index contributed by atoms with van der Waals surface area (Å²) < 4.78 is 5.61. The molecular weight excluding hydrogens is 306 g/mol. The van der Waals surface area contributed by atoms with E-state index >= 15 is 0 Å². The van der Waals surface area contributed by atoms with E-state index in [0.717, 1.165) is 11.8 Å². The smallest absolute Gasteiger partial charge is 0.286 e. The van der Waals surface area contributed by atoms with Crippen molar-refractivity contribution in [3.63, 3.8) is 0 Å². The van der Waals surface area contributed by atoms with Gasteiger partial charge in [0.15, 0.2) is 5.17 Å². The normalized spacial score (nSPS) is 16.1. The van der Waals surface area contributed by atoms with Crippen LogP contribution in [0.3, 0.4) is 0 Å². The molecule has 0 aliphatic carbocycles. The summed E-state index contributed by atoms with van der Waals surface area (Å²) in [4.78, 5) is 25.7. The van der Waals surface area contributed by atoms with Crippen LogP contribution in [0.5, 0.6) is 0 Å². The first-order valence-corrected chi connectivity index (χ1v) is 6.97. The number of amides is 1. The number of carbonyl (C=O) groups excluding carboxylic acids is 1. The molecule has 22 heavy (non-hydrogen) atoms. The fraction of sp³-hybridized carbons (Fsp3) is 0. The molecule has 0 saturated carbocycles. The molecule has 7 nitrogen and oxygen atoms in total. The zero-order valence-electron chi connectivity index (χ0n) is 11.1. The van der Waals surface area contributed by atoms with E-state index in [1.54, 1.807) is 30.3 Å². The predicted molar refractivity (Wildman–Crippen MR) is 83.0 cm³/mol. The minimum atomic E-state index is -0.463. The molecule has 110 valence electrons. The largest absolute Gasteiger partial charge is 0.457 e. The molecule has 1 aromatic carbocycles. The Hall–Kier alpha value is -2.87. The van der Waals surface area contributed by atoms with Crippen LogP contribution in [0.4, 0.5) is 5.69 Å². The number of benzene rings is 1. The Morgan fingerprint density at radius 3 is 2.55 bits per heavy atom. The van der Waals surface area contributed by atoms with Crippen molar-refractivity contribution >= 4 is 34.6 Å². The van der Waals surface area contributed by atoms with Crippen LogP contribution in [0.1, 0.15) is 5.76 Å². The molecule has 1 aromatic heterocycles. The first-order valence-electron chi connectivity index (χ1n) is 6.15. The number of aliphatic imine (C=N–C) groups is 1. The maximum absolute atomic E-state index is 11.5. The van der Waals surface area contributed by atoms with E-state index in [4.69, 9.17) is 10.2 Å². The zero-order chi connectivity index (χ0) is 15.7. The van der Waals surface area contributed by atoms with E-state index in [2.05, 4.69) is 4.99 Å². The third-order valence-electron chi connectivity index (χ3n) is 2.90. The van der Waals surface area contributed by atoms with E-state index < -0.39 is 10.8 Å². The van der Waals surface area contributed by atoms with Crippen LogP contribution in [0, 0.1) is 10.1 Å². The highest BCUT2D eigenvalue weighted by Gasteiger charge is 2.20. The van der Waals surface area contributed by atoms with Crippen molar-refractivity contribution in [1.82, 2.24) is 0 Å². The lowest BCUT2D eigenvalue weighted by molar-refractivity contribution is -0.384. The van der Waals surface area contributed by atoms with Gasteiger partial charge in [0.1, 0.15) is 11.5 Å². The summed E-state index contributed by atoms with van der Waals surface area (Å²) in [5, 5.41) is 10.8. The highest BCUT2D eigenvalue weighted by Crippen LogP contribution is 2.29. The third kappa shape index (κ3) is 2.77. The molecular formula is C14H9N3O4S. The van der Waals surface area contributed by atoms with Crippen molar-refractivity contribution in [2.45, 2.75) is 0 Å². The van der Waals surface area contributed by atoms with Gasteiger partial charge < -0.3 is 10.2 Å². The fourth-order valence-corrected chi connectivity index (χ4v) is 2.55. The Kier molecular flexibility index (Phi) is 3.51. The maximum Gasteiger partial charge on any atom is 0.286 e. The number of nitro benzene ring substituents is 1. The van der Waals surface area contributed by atoms with E-state index in [0.29, 0.717) is 22.0 Å². The Morgan fingerprint density at radius 1 is 1.23 bits per heavy atom.